The van der Waals surface area contributed by atoms with E-state index in [4.69, 9.17) is 11.6 Å². The van der Waals surface area contributed by atoms with Gasteiger partial charge >= 0.3 is 5.69 Å². The van der Waals surface area contributed by atoms with Crippen LogP contribution in [0.3, 0.4) is 0 Å². The van der Waals surface area contributed by atoms with Gasteiger partial charge in [-0.25, -0.2) is 17.6 Å². The van der Waals surface area contributed by atoms with E-state index in [9.17, 15) is 22.0 Å². The van der Waals surface area contributed by atoms with E-state index < -0.39 is 28.0 Å². The Hall–Kier alpha value is -2.01. The van der Waals surface area contributed by atoms with Crippen molar-refractivity contribution in [3.63, 3.8) is 0 Å². The van der Waals surface area contributed by atoms with Gasteiger partial charge in [-0.1, -0.05) is 18.5 Å². The highest BCUT2D eigenvalue weighted by atomic mass is 35.5. The van der Waals surface area contributed by atoms with Crippen LogP contribution in [-0.2, 0) is 16.4 Å². The Morgan fingerprint density at radius 2 is 2.00 bits per heavy atom. The molecule has 0 aliphatic carbocycles. The molecular formula is C15H20ClF2N5O3S. The number of anilines is 1. The van der Waals surface area contributed by atoms with E-state index in [0.29, 0.717) is 18.7 Å². The van der Waals surface area contributed by atoms with Crippen molar-refractivity contribution < 1.29 is 17.2 Å². The zero-order valence-electron chi connectivity index (χ0n) is 14.7. The van der Waals surface area contributed by atoms with Gasteiger partial charge in [0.25, 0.3) is 0 Å². The molecule has 0 spiro atoms. The van der Waals surface area contributed by atoms with E-state index in [1.165, 1.54) is 6.07 Å². The summed E-state index contributed by atoms with van der Waals surface area (Å²) in [6.07, 6.45) is 0.438. The normalized spacial score (nSPS) is 11.7. The van der Waals surface area contributed by atoms with Crippen molar-refractivity contribution in [3.05, 3.63) is 33.5 Å². The molecule has 150 valence electrons. The van der Waals surface area contributed by atoms with Crippen LogP contribution < -0.4 is 11.0 Å². The Morgan fingerprint density at radius 3 is 2.67 bits per heavy atom. The molecule has 1 aromatic heterocycles. The Kier molecular flexibility index (Phi) is 7.31. The Labute approximate surface area is 160 Å². The van der Waals surface area contributed by atoms with Gasteiger partial charge in [0.1, 0.15) is 15.5 Å². The second kappa shape index (κ2) is 9.27. The maximum atomic E-state index is 14.3. The molecule has 0 amide bonds. The predicted molar refractivity (Wildman–Crippen MR) is 98.6 cm³/mol. The number of aromatic nitrogens is 4. The van der Waals surface area contributed by atoms with Crippen LogP contribution >= 0.6 is 11.6 Å². The van der Waals surface area contributed by atoms with Crippen LogP contribution in [0.25, 0.3) is 5.69 Å². The number of rotatable bonds is 10. The van der Waals surface area contributed by atoms with Crippen LogP contribution in [0, 0.1) is 5.82 Å². The number of benzene rings is 1. The number of alkyl halides is 1. The smallest absolute Gasteiger partial charge is 0.368 e. The Bertz CT molecular complexity index is 945. The molecule has 0 saturated heterocycles. The first-order valence-corrected chi connectivity index (χ1v) is 10.5. The lowest BCUT2D eigenvalue weighted by molar-refractivity contribution is 0.427. The quantitative estimate of drug-likeness (QED) is 0.585. The minimum absolute atomic E-state index is 0.0184. The molecule has 2 rings (SSSR count). The fraction of sp³-hybridized carbons (Fsp3) is 0.533. The number of tetrazole rings is 1. The third kappa shape index (κ3) is 5.48. The highest BCUT2D eigenvalue weighted by Crippen LogP contribution is 2.26. The molecule has 0 aliphatic heterocycles. The van der Waals surface area contributed by atoms with E-state index in [0.717, 1.165) is 15.4 Å². The maximum absolute atomic E-state index is 14.3. The number of nitrogens with one attached hydrogen (secondary N) is 1. The molecule has 1 aromatic carbocycles. The van der Waals surface area contributed by atoms with Gasteiger partial charge in [-0.15, -0.1) is 0 Å². The molecule has 12 heteroatoms. The van der Waals surface area contributed by atoms with Crippen molar-refractivity contribution in [2.75, 3.05) is 30.0 Å². The van der Waals surface area contributed by atoms with Gasteiger partial charge in [0.15, 0.2) is 5.82 Å². The molecule has 0 aliphatic rings. The molecule has 2 aromatic rings. The molecule has 0 saturated carbocycles. The molecule has 0 radical (unpaired) electrons. The summed E-state index contributed by atoms with van der Waals surface area (Å²) < 4.78 is 51.2. The SMILES string of the molecule is CCS(=O)(=O)CCCNc1cc(-n2nnn(CCCF)c2=O)c(F)cc1Cl. The van der Waals surface area contributed by atoms with Crippen molar-refractivity contribution in [3.8, 4) is 5.69 Å². The number of hydrogen-bond acceptors (Lipinski definition) is 6. The summed E-state index contributed by atoms with van der Waals surface area (Å²) in [4.78, 5) is 12.2. The standard InChI is InChI=1S/C15H20ClF2N5O3S/c1-2-27(25,26)8-4-6-19-13-10-14(12(18)9-11(13)16)23-15(24)22(20-21-23)7-3-5-17/h9-10,19H,2-8H2,1H3. The highest BCUT2D eigenvalue weighted by Gasteiger charge is 2.16. The summed E-state index contributed by atoms with van der Waals surface area (Å²) in [5, 5.41) is 10.2. The van der Waals surface area contributed by atoms with Gasteiger partial charge < -0.3 is 5.32 Å². The fourth-order valence-electron chi connectivity index (χ4n) is 2.27. The monoisotopic (exact) mass is 423 g/mol. The molecule has 1 N–H and O–H groups in total. The zero-order chi connectivity index (χ0) is 20.0. The van der Waals surface area contributed by atoms with Crippen LogP contribution in [-0.4, -0.2) is 52.9 Å². The van der Waals surface area contributed by atoms with E-state index in [2.05, 4.69) is 15.7 Å². The Morgan fingerprint density at radius 1 is 1.26 bits per heavy atom. The number of aryl methyl sites for hydroxylation is 1. The van der Waals surface area contributed by atoms with Gasteiger partial charge in [-0.05, 0) is 35.4 Å². The van der Waals surface area contributed by atoms with Gasteiger partial charge in [-0.2, -0.15) is 9.36 Å². The van der Waals surface area contributed by atoms with Crippen LogP contribution in [0.5, 0.6) is 0 Å². The molecule has 0 bridgehead atoms. The first-order valence-electron chi connectivity index (χ1n) is 8.31. The average Bonchev–Trinajstić information content (AvgIpc) is 2.99. The van der Waals surface area contributed by atoms with Crippen molar-refractivity contribution in [2.24, 2.45) is 0 Å². The summed E-state index contributed by atoms with van der Waals surface area (Å²) in [6.45, 7) is 1.28. The second-order valence-corrected chi connectivity index (χ2v) is 8.62. The molecule has 27 heavy (non-hydrogen) atoms. The van der Waals surface area contributed by atoms with Crippen LogP contribution in [0.4, 0.5) is 14.5 Å². The number of halogens is 3. The summed E-state index contributed by atoms with van der Waals surface area (Å²) in [6, 6.07) is 2.32. The maximum Gasteiger partial charge on any atom is 0.368 e. The molecular weight excluding hydrogens is 404 g/mol. The van der Waals surface area contributed by atoms with Crippen LogP contribution in [0.2, 0.25) is 5.02 Å². The van der Waals surface area contributed by atoms with E-state index in [1.54, 1.807) is 6.92 Å². The van der Waals surface area contributed by atoms with Gasteiger partial charge in [0, 0.05) is 12.3 Å². The predicted octanol–water partition coefficient (Wildman–Crippen LogP) is 1.82. The zero-order valence-corrected chi connectivity index (χ0v) is 16.2. The van der Waals surface area contributed by atoms with Crippen molar-refractivity contribution in [1.29, 1.82) is 0 Å². The van der Waals surface area contributed by atoms with E-state index >= 15 is 0 Å². The summed E-state index contributed by atoms with van der Waals surface area (Å²) >= 11 is 6.01. The largest absolute Gasteiger partial charge is 0.384 e. The van der Waals surface area contributed by atoms with Crippen molar-refractivity contribution in [2.45, 2.75) is 26.3 Å². The number of hydrogen-bond donors (Lipinski definition) is 1. The van der Waals surface area contributed by atoms with Gasteiger partial charge in [-0.3, -0.25) is 4.39 Å². The first-order chi connectivity index (χ1) is 12.8. The summed E-state index contributed by atoms with van der Waals surface area (Å²) in [7, 11) is -3.08. The van der Waals surface area contributed by atoms with Gasteiger partial charge in [0.2, 0.25) is 0 Å². The van der Waals surface area contributed by atoms with Crippen LogP contribution in [0.15, 0.2) is 16.9 Å². The second-order valence-electron chi connectivity index (χ2n) is 5.74. The lowest BCUT2D eigenvalue weighted by Gasteiger charge is -2.11. The van der Waals surface area contributed by atoms with Crippen LogP contribution in [0.1, 0.15) is 19.8 Å². The first kappa shape index (κ1) is 21.3. The molecule has 0 unspecified atom stereocenters. The highest BCUT2D eigenvalue weighted by molar-refractivity contribution is 7.91. The van der Waals surface area contributed by atoms with Gasteiger partial charge in [0.05, 0.1) is 29.7 Å². The van der Waals surface area contributed by atoms with Crippen molar-refractivity contribution in [1.82, 2.24) is 19.8 Å². The topological polar surface area (TPSA) is 98.9 Å². The molecule has 1 heterocycles. The Balaban J connectivity index is 2.19. The summed E-state index contributed by atoms with van der Waals surface area (Å²) in [5.74, 6) is -0.696. The van der Waals surface area contributed by atoms with E-state index in [1.807, 2.05) is 0 Å². The third-order valence-corrected chi connectivity index (χ3v) is 5.90. The average molecular weight is 424 g/mol. The minimum atomic E-state index is -3.08. The van der Waals surface area contributed by atoms with Crippen molar-refractivity contribution >= 4 is 27.1 Å². The third-order valence-electron chi connectivity index (χ3n) is 3.80. The number of nitrogens with zero attached hydrogens (tertiary/aromatic N) is 4. The molecule has 0 atom stereocenters. The van der Waals surface area contributed by atoms with E-state index in [-0.39, 0.29) is 35.2 Å². The molecule has 0 fully saturated rings. The minimum Gasteiger partial charge on any atom is -0.384 e. The fourth-order valence-corrected chi connectivity index (χ4v) is 3.36. The number of sulfone groups is 1. The lowest BCUT2D eigenvalue weighted by atomic mass is 10.2. The summed E-state index contributed by atoms with van der Waals surface area (Å²) in [5.41, 5.74) is -0.545. The lowest BCUT2D eigenvalue weighted by Crippen LogP contribution is -2.25. The molecule has 8 nitrogen and oxygen atoms in total.